The van der Waals surface area contributed by atoms with Crippen LogP contribution in [-0.2, 0) is 47.0 Å². The highest BCUT2D eigenvalue weighted by Gasteiger charge is 2.28. The Hall–Kier alpha value is -7.00. The summed E-state index contributed by atoms with van der Waals surface area (Å²) in [7, 11) is -18.8. The molecule has 0 radical (unpaired) electrons. The molecule has 9 N–H and O–H groups in total. The lowest BCUT2D eigenvalue weighted by Gasteiger charge is -2.13. The maximum absolute atomic E-state index is 12.7. The molecule has 0 aliphatic rings. The van der Waals surface area contributed by atoms with Crippen LogP contribution in [0.25, 0.3) is 10.8 Å². The number of fused-ring (bicyclic) bond motifs is 1. The number of ether oxygens (including phenoxy) is 2. The lowest BCUT2D eigenvalue weighted by Crippen LogP contribution is -2.30. The fourth-order valence-corrected chi connectivity index (χ4v) is 8.28. The number of hydrogen-bond donors (Lipinski definition) is 8. The van der Waals surface area contributed by atoms with E-state index in [0.717, 1.165) is 33.3 Å². The first-order valence-electron chi connectivity index (χ1n) is 16.9. The Morgan fingerprint density at radius 1 is 0.641 bits per heavy atom. The van der Waals surface area contributed by atoms with E-state index < -0.39 is 128 Å². The van der Waals surface area contributed by atoms with Gasteiger partial charge in [0.1, 0.15) is 71.6 Å². The van der Waals surface area contributed by atoms with Crippen LogP contribution in [0.3, 0.4) is 0 Å². The molecule has 0 spiro atoms. The van der Waals surface area contributed by atoms with Crippen LogP contribution in [0.1, 0.15) is 22.8 Å². The molecule has 0 fully saturated rings. The highest BCUT2D eigenvalue weighted by atomic mass is 32.2. The molecule has 27 nitrogen and oxygen atoms in total. The summed E-state index contributed by atoms with van der Waals surface area (Å²) in [4.78, 5) is 20.3. The number of amides is 1. The van der Waals surface area contributed by atoms with E-state index in [-0.39, 0.29) is 35.0 Å². The predicted molar refractivity (Wildman–Crippen MR) is 216 cm³/mol. The second-order valence-corrected chi connectivity index (χ2v) is 18.3. The minimum Gasteiger partial charge on any atom is -0.507 e. The second kappa shape index (κ2) is 17.3. The zero-order valence-corrected chi connectivity index (χ0v) is 35.9. The minimum absolute atomic E-state index is 0.216. The summed E-state index contributed by atoms with van der Waals surface area (Å²) in [5.41, 5.74) is -0.843. The molecule has 0 aliphatic heterocycles. The molecule has 0 atom stereocenters. The monoisotopic (exact) mass is 970 g/mol. The molecular formula is C33H30N8O19S4. The van der Waals surface area contributed by atoms with Crippen LogP contribution in [0.15, 0.2) is 97.5 Å². The second-order valence-electron chi connectivity index (χ2n) is 12.7. The first kappa shape index (κ1) is 48.0. The lowest BCUT2D eigenvalue weighted by atomic mass is 10.1. The molecule has 64 heavy (non-hydrogen) atoms. The molecular weight excluding hydrogens is 941 g/mol. The molecule has 0 saturated heterocycles. The molecule has 31 heteroatoms. The largest absolute Gasteiger partial charge is 0.507 e. The number of phenolic OH excluding ortho intramolecular Hbond substituents is 2. The van der Waals surface area contributed by atoms with Gasteiger partial charge in [0.05, 0.1) is 24.5 Å². The average Bonchev–Trinajstić information content (AvgIpc) is 3.17. The number of hydrogen-bond acceptors (Lipinski definition) is 21. The van der Waals surface area contributed by atoms with Crippen LogP contribution in [0.4, 0.5) is 34.1 Å². The molecule has 0 aliphatic carbocycles. The van der Waals surface area contributed by atoms with E-state index in [9.17, 15) is 76.8 Å². The number of nitrogens with zero attached hydrogens (tertiary/aromatic N) is 7. The predicted octanol–water partition coefficient (Wildman–Crippen LogP) is 4.80. The number of carbonyl (C=O) groups excluding carboxylic acids is 1. The zero-order valence-electron chi connectivity index (χ0n) is 32.6. The number of carbonyl (C=O) groups is 1. The van der Waals surface area contributed by atoms with Gasteiger partial charge < -0.3 is 30.5 Å². The number of nitrogens with two attached hydrogens (primary N) is 1. The molecule has 4 aromatic carbocycles. The molecule has 0 saturated carbocycles. The maximum atomic E-state index is 12.7. The van der Waals surface area contributed by atoms with E-state index in [2.05, 4.69) is 30.7 Å². The van der Waals surface area contributed by atoms with Crippen molar-refractivity contribution in [3.63, 3.8) is 0 Å². The number of benzene rings is 4. The first-order valence-corrected chi connectivity index (χ1v) is 22.7. The highest BCUT2D eigenvalue weighted by Crippen LogP contribution is 2.47. The summed E-state index contributed by atoms with van der Waals surface area (Å²) >= 11 is 0. The van der Waals surface area contributed by atoms with Crippen molar-refractivity contribution in [2.24, 2.45) is 36.4 Å². The highest BCUT2D eigenvalue weighted by molar-refractivity contribution is 7.87. The van der Waals surface area contributed by atoms with E-state index in [4.69, 9.17) is 15.2 Å². The fraction of sp³-hybridized carbons (Fsp3) is 0.152. The Bertz CT molecular complexity index is 3440. The number of pyridine rings is 1. The fourth-order valence-electron chi connectivity index (χ4n) is 5.83. The van der Waals surface area contributed by atoms with Gasteiger partial charge in [-0.05, 0) is 43.5 Å². The van der Waals surface area contributed by atoms with Gasteiger partial charge in [-0.15, -0.1) is 30.7 Å². The summed E-state index contributed by atoms with van der Waals surface area (Å²) in [5, 5.41) is 53.4. The quantitative estimate of drug-likeness (QED) is 0.0547. The van der Waals surface area contributed by atoms with Crippen LogP contribution < -0.4 is 20.8 Å². The Balaban J connectivity index is 1.65. The lowest BCUT2D eigenvalue weighted by molar-refractivity contribution is 0.0997. The normalized spacial score (nSPS) is 12.8. The summed E-state index contributed by atoms with van der Waals surface area (Å²) in [6, 6.07) is 4.64. The van der Waals surface area contributed by atoms with Gasteiger partial charge in [-0.1, -0.05) is 0 Å². The molecule has 0 unspecified atom stereocenters. The van der Waals surface area contributed by atoms with Crippen molar-refractivity contribution in [1.29, 1.82) is 0 Å². The van der Waals surface area contributed by atoms with Gasteiger partial charge in [0, 0.05) is 30.3 Å². The number of aromatic nitrogens is 1. The standard InChI is InChI=1S/C33H30N8O19S4/c1-5-41-32(45)26(31(34)44)13(2)28(33(41)46)39-38-19-12-23(62(50,51)52)18(11-24(19)63(53,54)55)37-35-16-9-22(60-4)17(10-21(16)59-3)36-40-29-25(64(56,57)58)7-14-6-15(61(47,48)49)8-20(42)27(14)30(29)43/h6-12,42-43,46H,5H2,1-4H3,(H2,34,44)(H,47,48,49)(H,50,51,52)(H,53,54,55)(H,56,57,58). The zero-order chi connectivity index (χ0) is 48.0. The molecule has 5 aromatic rings. The van der Waals surface area contributed by atoms with E-state index in [1.807, 2.05) is 0 Å². The molecule has 1 amide bonds. The summed E-state index contributed by atoms with van der Waals surface area (Å²) in [6.07, 6.45) is 0. The van der Waals surface area contributed by atoms with Crippen molar-refractivity contribution in [1.82, 2.24) is 4.57 Å². The van der Waals surface area contributed by atoms with Crippen LogP contribution in [0.2, 0.25) is 0 Å². The Morgan fingerprint density at radius 2 is 1.09 bits per heavy atom. The van der Waals surface area contributed by atoms with E-state index in [1.165, 1.54) is 6.92 Å². The topological polar surface area (TPSA) is 436 Å². The van der Waals surface area contributed by atoms with Crippen LogP contribution in [0, 0.1) is 6.92 Å². The SMILES string of the molecule is CCn1c(O)c(N=Nc2cc(S(=O)(=O)O)c(N=Nc3cc(OC)c(N=Nc4c(S(=O)(=O)O)cc5cc(S(=O)(=O)O)cc(O)c5c4O)cc3OC)cc2S(=O)(=O)O)c(C)c(C(N)=O)c1=O. The van der Waals surface area contributed by atoms with Gasteiger partial charge in [-0.2, -0.15) is 33.7 Å². The Morgan fingerprint density at radius 3 is 1.53 bits per heavy atom. The summed E-state index contributed by atoms with van der Waals surface area (Å²) in [6.45, 7) is 2.33. The van der Waals surface area contributed by atoms with Crippen molar-refractivity contribution >= 4 is 91.3 Å². The summed E-state index contributed by atoms with van der Waals surface area (Å²) < 4.78 is 149. The molecule has 0 bridgehead atoms. The average molecular weight is 971 g/mol. The van der Waals surface area contributed by atoms with Gasteiger partial charge in [-0.25, -0.2) is 0 Å². The van der Waals surface area contributed by atoms with Gasteiger partial charge in [0.25, 0.3) is 51.9 Å². The van der Waals surface area contributed by atoms with Gasteiger partial charge in [-0.3, -0.25) is 32.4 Å². The number of rotatable bonds is 14. The third-order valence-electron chi connectivity index (χ3n) is 8.76. The van der Waals surface area contributed by atoms with Crippen LogP contribution in [0.5, 0.6) is 28.9 Å². The number of azo groups is 3. The third-order valence-corrected chi connectivity index (χ3v) is 12.2. The number of phenols is 2. The van der Waals surface area contributed by atoms with Crippen molar-refractivity contribution in [2.45, 2.75) is 40.0 Å². The minimum atomic E-state index is -5.37. The maximum Gasteiger partial charge on any atom is 0.296 e. The van der Waals surface area contributed by atoms with Crippen molar-refractivity contribution in [3.8, 4) is 28.9 Å². The number of primary amides is 1. The Labute approximate surface area is 359 Å². The molecule has 340 valence electrons. The van der Waals surface area contributed by atoms with Crippen molar-refractivity contribution < 1.29 is 81.5 Å². The van der Waals surface area contributed by atoms with E-state index in [1.54, 1.807) is 0 Å². The first-order chi connectivity index (χ1) is 29.5. The third kappa shape index (κ3) is 9.49. The van der Waals surface area contributed by atoms with Crippen LogP contribution in [-0.4, -0.2) is 91.9 Å². The molecule has 1 aromatic heterocycles. The smallest absolute Gasteiger partial charge is 0.296 e. The van der Waals surface area contributed by atoms with Crippen molar-refractivity contribution in [3.05, 3.63) is 63.9 Å². The summed E-state index contributed by atoms with van der Waals surface area (Å²) in [5.74, 6) is -4.80. The van der Waals surface area contributed by atoms with Gasteiger partial charge in [0.15, 0.2) is 5.75 Å². The van der Waals surface area contributed by atoms with E-state index >= 15 is 0 Å². The Kier molecular flexibility index (Phi) is 13.0. The van der Waals surface area contributed by atoms with Crippen LogP contribution >= 0.6 is 0 Å². The number of aromatic hydroxyl groups is 3. The van der Waals surface area contributed by atoms with Gasteiger partial charge >= 0.3 is 0 Å². The molecule has 5 rings (SSSR count). The van der Waals surface area contributed by atoms with Crippen molar-refractivity contribution in [2.75, 3.05) is 14.2 Å². The van der Waals surface area contributed by atoms with E-state index in [0.29, 0.717) is 34.9 Å². The molecule has 1 heterocycles. The van der Waals surface area contributed by atoms with Gasteiger partial charge in [0.2, 0.25) is 5.88 Å². The number of methoxy groups -OCH3 is 2.